The number of fused-ring (bicyclic) bond motifs is 2. The Morgan fingerprint density at radius 1 is 0.735 bits per heavy atom. The molecule has 0 unspecified atom stereocenters. The minimum Gasteiger partial charge on any atom is -0.480 e. The number of aromatic nitrogens is 4. The van der Waals surface area contributed by atoms with Crippen LogP contribution in [0.3, 0.4) is 0 Å². The Morgan fingerprint density at radius 2 is 1.27 bits per heavy atom. The summed E-state index contributed by atoms with van der Waals surface area (Å²) in [6.07, 6.45) is 7.04. The number of carboxylic acids is 1. The fraction of sp³-hybridized carbons (Fsp3) is 0.176. The number of alkyl halides is 1. The molecule has 2 aromatic carbocycles. The van der Waals surface area contributed by atoms with Gasteiger partial charge in [0, 0.05) is 46.3 Å². The van der Waals surface area contributed by atoms with Gasteiger partial charge in [-0.05, 0) is 42.0 Å². The van der Waals surface area contributed by atoms with Crippen LogP contribution < -0.4 is 0 Å². The smallest absolute Gasteiger partial charge is 0.332 e. The van der Waals surface area contributed by atoms with E-state index < -0.39 is 18.1 Å². The number of esters is 1. The van der Waals surface area contributed by atoms with Crippen LogP contribution in [0.2, 0.25) is 0 Å². The van der Waals surface area contributed by atoms with E-state index in [0.717, 1.165) is 50.5 Å². The van der Waals surface area contributed by atoms with Crippen molar-refractivity contribution in [3.05, 3.63) is 119 Å². The highest BCUT2D eigenvalue weighted by molar-refractivity contribution is 14.1. The van der Waals surface area contributed by atoms with Gasteiger partial charge in [0.1, 0.15) is 26.7 Å². The van der Waals surface area contributed by atoms with Crippen molar-refractivity contribution in [2.45, 2.75) is 23.1 Å². The zero-order valence-electron chi connectivity index (χ0n) is 25.6. The Hall–Kier alpha value is -3.77. The molecule has 0 bridgehead atoms. The molecule has 15 heteroatoms. The Balaban J connectivity index is 0.000000144. The number of halogens is 1. The number of aliphatic imine (C=N–C) groups is 2. The molecule has 1 N–H and O–H groups in total. The van der Waals surface area contributed by atoms with E-state index in [1.807, 2.05) is 72.9 Å². The molecular weight excluding hydrogens is 812 g/mol. The lowest BCUT2D eigenvalue weighted by molar-refractivity contribution is -0.145. The number of carboxylic acid groups (broad SMARTS) is 1. The van der Waals surface area contributed by atoms with Crippen molar-refractivity contribution in [2.75, 3.05) is 11.5 Å². The number of benzene rings is 2. The van der Waals surface area contributed by atoms with Gasteiger partial charge in [-0.1, -0.05) is 59.0 Å². The molecule has 6 heterocycles. The second kappa shape index (κ2) is 17.2. The van der Waals surface area contributed by atoms with Crippen LogP contribution in [-0.4, -0.2) is 70.7 Å². The maximum atomic E-state index is 12.2. The summed E-state index contributed by atoms with van der Waals surface area (Å²) in [6.45, 7) is 0.222. The third-order valence-electron chi connectivity index (χ3n) is 6.79. The number of nitrogens with zero attached hydrogens (tertiary/aromatic N) is 6. The van der Waals surface area contributed by atoms with Crippen LogP contribution in [0.15, 0.2) is 108 Å². The molecule has 0 saturated carbocycles. The first-order valence-corrected chi connectivity index (χ1v) is 20.0. The Labute approximate surface area is 311 Å². The van der Waals surface area contributed by atoms with Crippen LogP contribution in [0.1, 0.15) is 21.1 Å². The van der Waals surface area contributed by atoms with Crippen LogP contribution in [0.4, 0.5) is 0 Å². The predicted octanol–water partition coefficient (Wildman–Crippen LogP) is 7.56. The van der Waals surface area contributed by atoms with Gasteiger partial charge in [0.15, 0.2) is 12.1 Å². The van der Waals surface area contributed by atoms with Gasteiger partial charge in [-0.2, -0.15) is 0 Å². The van der Waals surface area contributed by atoms with Gasteiger partial charge in [0.2, 0.25) is 0 Å². The van der Waals surface area contributed by atoms with Gasteiger partial charge in [-0.3, -0.25) is 20.0 Å². The molecule has 2 aliphatic rings. The summed E-state index contributed by atoms with van der Waals surface area (Å²) in [4.78, 5) is 48.7. The summed E-state index contributed by atoms with van der Waals surface area (Å²) < 4.78 is 8.61. The van der Waals surface area contributed by atoms with E-state index in [2.05, 4.69) is 58.6 Å². The number of pyridine rings is 2. The molecule has 6 aromatic rings. The van der Waals surface area contributed by atoms with Gasteiger partial charge in [-0.25, -0.2) is 19.6 Å². The van der Waals surface area contributed by atoms with Crippen molar-refractivity contribution in [2.24, 2.45) is 9.98 Å². The largest absolute Gasteiger partial charge is 0.480 e. The molecule has 49 heavy (non-hydrogen) atoms. The first-order valence-electron chi connectivity index (χ1n) is 14.8. The molecule has 0 amide bonds. The van der Waals surface area contributed by atoms with Crippen molar-refractivity contribution in [1.82, 2.24) is 19.9 Å². The molecular formula is C34H27IN6O4S4. The third-order valence-corrected chi connectivity index (χ3v) is 12.1. The summed E-state index contributed by atoms with van der Waals surface area (Å²) in [5, 5.41) is 12.1. The van der Waals surface area contributed by atoms with Gasteiger partial charge in [0.25, 0.3) is 0 Å². The quantitative estimate of drug-likeness (QED) is 0.0974. The van der Waals surface area contributed by atoms with Crippen molar-refractivity contribution in [3.8, 4) is 0 Å². The van der Waals surface area contributed by atoms with Crippen LogP contribution >= 0.6 is 68.8 Å². The van der Waals surface area contributed by atoms with Crippen LogP contribution in [0.25, 0.3) is 20.4 Å². The Kier molecular flexibility index (Phi) is 12.3. The molecule has 10 nitrogen and oxygen atoms in total. The number of rotatable bonds is 7. The average molecular weight is 839 g/mol. The first-order chi connectivity index (χ1) is 24.0. The van der Waals surface area contributed by atoms with Gasteiger partial charge < -0.3 is 9.84 Å². The third kappa shape index (κ3) is 9.48. The fourth-order valence-corrected chi connectivity index (χ4v) is 8.94. The highest BCUT2D eigenvalue weighted by Gasteiger charge is 2.29. The van der Waals surface area contributed by atoms with E-state index in [1.54, 1.807) is 53.0 Å². The van der Waals surface area contributed by atoms with E-state index in [4.69, 9.17) is 9.84 Å². The summed E-state index contributed by atoms with van der Waals surface area (Å²) in [5.41, 5.74) is 4.05. The van der Waals surface area contributed by atoms with E-state index in [1.165, 1.54) is 17.3 Å². The second-order valence-corrected chi connectivity index (χ2v) is 15.1. The number of thioether (sulfide) groups is 2. The maximum Gasteiger partial charge on any atom is 0.332 e. The minimum absolute atomic E-state index is 0.222. The highest BCUT2D eigenvalue weighted by atomic mass is 127. The van der Waals surface area contributed by atoms with Gasteiger partial charge in [-0.15, -0.1) is 46.2 Å². The SMILES string of the molecule is ICc1cccnc1.O=C(O)[C@H]1CSC(c2nc3ccccc3s2)=N1.O=C(OCc1cccnc1)[C@H]1CSC(c2nc3ccccc3s2)=N1. The van der Waals surface area contributed by atoms with Crippen molar-refractivity contribution >= 4 is 111 Å². The number of thiazole rings is 2. The zero-order chi connectivity index (χ0) is 34.0. The number of ether oxygens (including phenoxy) is 1. The second-order valence-electron chi connectivity index (χ2n) is 10.3. The van der Waals surface area contributed by atoms with E-state index in [9.17, 15) is 9.59 Å². The van der Waals surface area contributed by atoms with Crippen molar-refractivity contribution in [3.63, 3.8) is 0 Å². The number of carbonyl (C=O) groups excluding carboxylic acids is 1. The van der Waals surface area contributed by atoms with Gasteiger partial charge in [0.05, 0.1) is 20.4 Å². The van der Waals surface area contributed by atoms with Gasteiger partial charge >= 0.3 is 11.9 Å². The zero-order valence-corrected chi connectivity index (χ0v) is 31.0. The lowest BCUT2D eigenvalue weighted by Crippen LogP contribution is -2.21. The van der Waals surface area contributed by atoms with Crippen molar-refractivity contribution in [1.29, 1.82) is 0 Å². The van der Waals surface area contributed by atoms with E-state index in [0.29, 0.717) is 11.5 Å². The average Bonchev–Trinajstić information content (AvgIpc) is 3.97. The van der Waals surface area contributed by atoms with E-state index in [-0.39, 0.29) is 12.6 Å². The molecule has 0 spiro atoms. The fourth-order valence-electron chi connectivity index (χ4n) is 4.37. The number of hydrogen-bond donors (Lipinski definition) is 1. The molecule has 0 radical (unpaired) electrons. The molecule has 8 rings (SSSR count). The molecule has 2 aliphatic heterocycles. The van der Waals surface area contributed by atoms with E-state index >= 15 is 0 Å². The summed E-state index contributed by atoms with van der Waals surface area (Å²) in [6, 6.07) is 22.5. The monoisotopic (exact) mass is 838 g/mol. The predicted molar refractivity (Wildman–Crippen MR) is 208 cm³/mol. The maximum absolute atomic E-state index is 12.2. The number of aliphatic carboxylic acids is 1. The number of para-hydroxylation sites is 2. The summed E-state index contributed by atoms with van der Waals surface area (Å²) in [5.74, 6) is -0.0753. The summed E-state index contributed by atoms with van der Waals surface area (Å²) in [7, 11) is 0. The lowest BCUT2D eigenvalue weighted by Gasteiger charge is -2.06. The molecule has 0 fully saturated rings. The highest BCUT2D eigenvalue weighted by Crippen LogP contribution is 2.31. The number of carbonyl (C=O) groups is 2. The Bertz CT molecular complexity index is 2040. The lowest BCUT2D eigenvalue weighted by atomic mass is 10.3. The molecule has 4 aromatic heterocycles. The van der Waals surface area contributed by atoms with Crippen LogP contribution in [-0.2, 0) is 25.4 Å². The first kappa shape index (κ1) is 35.1. The van der Waals surface area contributed by atoms with Crippen LogP contribution in [0, 0.1) is 0 Å². The molecule has 0 saturated heterocycles. The topological polar surface area (TPSA) is 140 Å². The standard InChI is InChI=1S/C17H13N3O2S2.C11H8N2O2S2.C6H6IN/c21-17(22-9-11-4-3-7-18-8-11)13-10-23-15(20-13)16-19-12-5-1-2-6-14(12)24-16;14-11(15)7-5-16-9(13-7)10-12-6-3-1-2-4-8(6)17-10;7-4-6-2-1-3-8-5-6/h1-8,13H,9-10H2;1-4,7H,5H2,(H,14,15);1-3,5H,4H2/t13-;7-;/m11./s1. The van der Waals surface area contributed by atoms with Crippen LogP contribution in [0.5, 0.6) is 0 Å². The molecule has 2 atom stereocenters. The number of hydrogen-bond acceptors (Lipinski definition) is 13. The Morgan fingerprint density at radius 3 is 1.73 bits per heavy atom. The normalized spacial score (nSPS) is 16.6. The minimum atomic E-state index is -0.867. The molecule has 0 aliphatic carbocycles. The molecule has 248 valence electrons. The summed E-state index contributed by atoms with van der Waals surface area (Å²) >= 11 is 8.48. The van der Waals surface area contributed by atoms with Crippen molar-refractivity contribution < 1.29 is 19.4 Å².